The van der Waals surface area contributed by atoms with Crippen molar-refractivity contribution in [1.82, 2.24) is 9.55 Å². The quantitative estimate of drug-likeness (QED) is 0.716. The van der Waals surface area contributed by atoms with Crippen molar-refractivity contribution in [3.63, 3.8) is 0 Å². The number of aromatic nitrogens is 2. The van der Waals surface area contributed by atoms with E-state index in [0.717, 1.165) is 11.1 Å². The van der Waals surface area contributed by atoms with Crippen molar-refractivity contribution in [1.29, 1.82) is 0 Å². The number of aryl methyl sites for hydroxylation is 1. The maximum Gasteiger partial charge on any atom is 0.167 e. The van der Waals surface area contributed by atoms with Gasteiger partial charge in [-0.25, -0.2) is 4.39 Å². The van der Waals surface area contributed by atoms with Crippen molar-refractivity contribution < 1.29 is 4.39 Å². The van der Waals surface area contributed by atoms with E-state index in [9.17, 15) is 4.39 Å². The monoisotopic (exact) mass is 222 g/mol. The Kier molecular flexibility index (Phi) is 4.05. The van der Waals surface area contributed by atoms with Crippen LogP contribution in [0.1, 0.15) is 39.2 Å². The number of nitrogens with zero attached hydrogens (tertiary/aromatic N) is 2. The molecular formula is C13H19FN2. The van der Waals surface area contributed by atoms with E-state index in [1.165, 1.54) is 6.20 Å². The average Bonchev–Trinajstić information content (AvgIpc) is 2.57. The zero-order chi connectivity index (χ0) is 12.3. The highest BCUT2D eigenvalue weighted by atomic mass is 19.1. The zero-order valence-corrected chi connectivity index (χ0v) is 10.6. The van der Waals surface area contributed by atoms with Crippen LogP contribution in [0.25, 0.3) is 11.0 Å². The Hall–Kier alpha value is -1.38. The van der Waals surface area contributed by atoms with Crippen molar-refractivity contribution in [2.24, 2.45) is 7.05 Å². The average molecular weight is 222 g/mol. The molecule has 0 aromatic carbocycles. The van der Waals surface area contributed by atoms with Crippen molar-refractivity contribution in [2.45, 2.75) is 33.6 Å². The Morgan fingerprint density at radius 3 is 2.50 bits per heavy atom. The lowest BCUT2D eigenvalue weighted by molar-refractivity contribution is 0.631. The molecule has 0 aliphatic rings. The van der Waals surface area contributed by atoms with Crippen LogP contribution in [0.2, 0.25) is 0 Å². The Bertz CT molecular complexity index is 472. The summed E-state index contributed by atoms with van der Waals surface area (Å²) in [5, 5.41) is 0. The second-order valence-corrected chi connectivity index (χ2v) is 3.88. The molecule has 0 N–H and O–H groups in total. The zero-order valence-electron chi connectivity index (χ0n) is 10.6. The molecule has 2 aromatic rings. The van der Waals surface area contributed by atoms with E-state index in [-0.39, 0.29) is 5.82 Å². The molecule has 3 heteroatoms. The summed E-state index contributed by atoms with van der Waals surface area (Å²) < 4.78 is 15.0. The van der Waals surface area contributed by atoms with E-state index in [2.05, 4.69) is 18.8 Å². The number of hydrogen-bond acceptors (Lipinski definition) is 1. The lowest BCUT2D eigenvalue weighted by Crippen LogP contribution is -1.91. The molecule has 0 bridgehead atoms. The Morgan fingerprint density at radius 1 is 1.31 bits per heavy atom. The van der Waals surface area contributed by atoms with Gasteiger partial charge in [0.2, 0.25) is 0 Å². The van der Waals surface area contributed by atoms with Gasteiger partial charge in [-0.3, -0.25) is 4.98 Å². The van der Waals surface area contributed by atoms with Gasteiger partial charge in [0.15, 0.2) is 5.82 Å². The van der Waals surface area contributed by atoms with E-state index in [1.54, 1.807) is 10.8 Å². The maximum absolute atomic E-state index is 13.3. The van der Waals surface area contributed by atoms with Crippen molar-refractivity contribution in [3.8, 4) is 0 Å². The minimum atomic E-state index is -0.252. The summed E-state index contributed by atoms with van der Waals surface area (Å²) in [5.74, 6) is 0.169. The first-order valence-electron chi connectivity index (χ1n) is 5.70. The summed E-state index contributed by atoms with van der Waals surface area (Å²) in [6.45, 7) is 8.20. The molecule has 2 heterocycles. The maximum atomic E-state index is 13.3. The molecule has 88 valence electrons. The summed E-state index contributed by atoms with van der Waals surface area (Å²) >= 11 is 0. The van der Waals surface area contributed by atoms with Crippen LogP contribution < -0.4 is 0 Å². The molecule has 0 aliphatic carbocycles. The third-order valence-electron chi connectivity index (χ3n) is 2.47. The molecule has 2 rings (SSSR count). The summed E-state index contributed by atoms with van der Waals surface area (Å²) in [6, 6.07) is 2.00. The van der Waals surface area contributed by atoms with Gasteiger partial charge in [-0.05, 0) is 17.5 Å². The molecule has 2 aromatic heterocycles. The summed E-state index contributed by atoms with van der Waals surface area (Å²) in [4.78, 5) is 4.13. The lowest BCUT2D eigenvalue weighted by atomic mass is 10.1. The molecule has 16 heavy (non-hydrogen) atoms. The highest BCUT2D eigenvalue weighted by molar-refractivity contribution is 5.77. The van der Waals surface area contributed by atoms with Gasteiger partial charge in [0.1, 0.15) is 5.52 Å². The van der Waals surface area contributed by atoms with E-state index in [1.807, 2.05) is 27.0 Å². The number of rotatable bonds is 1. The smallest absolute Gasteiger partial charge is 0.167 e. The second-order valence-electron chi connectivity index (χ2n) is 3.88. The molecule has 0 saturated heterocycles. The van der Waals surface area contributed by atoms with Crippen LogP contribution in [-0.4, -0.2) is 9.55 Å². The first kappa shape index (κ1) is 12.7. The predicted octanol–water partition coefficient (Wildman–Crippen LogP) is 3.86. The Morgan fingerprint density at radius 2 is 1.94 bits per heavy atom. The van der Waals surface area contributed by atoms with Crippen LogP contribution in [0.3, 0.4) is 0 Å². The topological polar surface area (TPSA) is 17.8 Å². The molecule has 0 unspecified atom stereocenters. The summed E-state index contributed by atoms with van der Waals surface area (Å²) in [5.41, 5.74) is 2.45. The lowest BCUT2D eigenvalue weighted by Gasteiger charge is -2.04. The van der Waals surface area contributed by atoms with E-state index >= 15 is 0 Å². The van der Waals surface area contributed by atoms with Gasteiger partial charge >= 0.3 is 0 Å². The largest absolute Gasteiger partial charge is 0.346 e. The van der Waals surface area contributed by atoms with Crippen molar-refractivity contribution >= 4 is 11.0 Å². The third kappa shape index (κ3) is 2.23. The van der Waals surface area contributed by atoms with E-state index < -0.39 is 0 Å². The van der Waals surface area contributed by atoms with Gasteiger partial charge in [0.05, 0.1) is 5.52 Å². The normalized spacial score (nSPS) is 10.4. The van der Waals surface area contributed by atoms with E-state index in [4.69, 9.17) is 0 Å². The molecular weight excluding hydrogens is 203 g/mol. The summed E-state index contributed by atoms with van der Waals surface area (Å²) in [7, 11) is 1.83. The van der Waals surface area contributed by atoms with Crippen LogP contribution in [0.15, 0.2) is 18.5 Å². The van der Waals surface area contributed by atoms with Gasteiger partial charge in [0, 0.05) is 19.4 Å². The van der Waals surface area contributed by atoms with Crippen LogP contribution in [0.4, 0.5) is 4.39 Å². The highest BCUT2D eigenvalue weighted by Gasteiger charge is 2.09. The molecule has 0 spiro atoms. The Balaban J connectivity index is 0.000000606. The fourth-order valence-corrected chi connectivity index (χ4v) is 1.54. The van der Waals surface area contributed by atoms with E-state index in [0.29, 0.717) is 11.4 Å². The minimum absolute atomic E-state index is 0.252. The van der Waals surface area contributed by atoms with Gasteiger partial charge in [-0.2, -0.15) is 0 Å². The predicted molar refractivity (Wildman–Crippen MR) is 66.1 cm³/mol. The molecule has 0 radical (unpaired) electrons. The fourth-order valence-electron chi connectivity index (χ4n) is 1.54. The SMILES string of the molecule is CC.CC(C)c1cnc2c(F)cn(C)c2c1. The highest BCUT2D eigenvalue weighted by Crippen LogP contribution is 2.21. The van der Waals surface area contributed by atoms with Crippen LogP contribution in [0.5, 0.6) is 0 Å². The fraction of sp³-hybridized carbons (Fsp3) is 0.462. The van der Waals surface area contributed by atoms with Crippen molar-refractivity contribution in [3.05, 3.63) is 29.8 Å². The molecule has 2 nitrogen and oxygen atoms in total. The number of pyridine rings is 1. The van der Waals surface area contributed by atoms with Crippen LogP contribution >= 0.6 is 0 Å². The molecule has 0 saturated carbocycles. The molecule has 0 aliphatic heterocycles. The molecule has 0 amide bonds. The number of fused-ring (bicyclic) bond motifs is 1. The summed E-state index contributed by atoms with van der Waals surface area (Å²) in [6.07, 6.45) is 3.21. The third-order valence-corrected chi connectivity index (χ3v) is 2.47. The standard InChI is InChI=1S/C11H13FN2.C2H6/c1-7(2)8-4-10-11(13-5-8)9(12)6-14(10)3;1-2/h4-7H,1-3H3;1-2H3. The van der Waals surface area contributed by atoms with Gasteiger partial charge in [0.25, 0.3) is 0 Å². The van der Waals surface area contributed by atoms with Gasteiger partial charge in [-0.15, -0.1) is 0 Å². The number of hydrogen-bond donors (Lipinski definition) is 0. The van der Waals surface area contributed by atoms with Crippen LogP contribution in [0, 0.1) is 5.82 Å². The second kappa shape index (κ2) is 5.10. The van der Waals surface area contributed by atoms with Crippen molar-refractivity contribution in [2.75, 3.05) is 0 Å². The first-order valence-corrected chi connectivity index (χ1v) is 5.70. The van der Waals surface area contributed by atoms with Crippen LogP contribution in [-0.2, 0) is 7.05 Å². The molecule has 0 atom stereocenters. The Labute approximate surface area is 96.1 Å². The first-order chi connectivity index (χ1) is 7.59. The minimum Gasteiger partial charge on any atom is -0.346 e. The van der Waals surface area contributed by atoms with Gasteiger partial charge in [-0.1, -0.05) is 27.7 Å². The number of halogens is 1. The van der Waals surface area contributed by atoms with Gasteiger partial charge < -0.3 is 4.57 Å². The molecule has 0 fully saturated rings.